The number of carbonyl (C=O) groups is 1. The van der Waals surface area contributed by atoms with Crippen LogP contribution in [0.4, 0.5) is 0 Å². The number of hydrogen-bond acceptors (Lipinski definition) is 3. The van der Waals surface area contributed by atoms with E-state index >= 15 is 0 Å². The standard InChI is InChI=1S/C14H7BrClNO2S/c15-8-4-5-9(14(18)19)13(6-8)20-12-3-1-2-11(16)10(12)7-17/h1-6H,(H,18,19). The summed E-state index contributed by atoms with van der Waals surface area (Å²) in [5, 5.41) is 18.7. The minimum Gasteiger partial charge on any atom is -0.478 e. The fourth-order valence-electron chi connectivity index (χ4n) is 1.57. The van der Waals surface area contributed by atoms with Gasteiger partial charge in [0.2, 0.25) is 0 Å². The van der Waals surface area contributed by atoms with Crippen LogP contribution in [-0.4, -0.2) is 11.1 Å². The minimum absolute atomic E-state index is 0.182. The fraction of sp³-hybridized carbons (Fsp3) is 0. The molecule has 3 nitrogen and oxygen atoms in total. The number of nitrogens with zero attached hydrogens (tertiary/aromatic N) is 1. The quantitative estimate of drug-likeness (QED) is 0.843. The Morgan fingerprint density at radius 1 is 1.30 bits per heavy atom. The second-order valence-corrected chi connectivity index (χ2v) is 6.18. The fourth-order valence-corrected chi connectivity index (χ4v) is 3.45. The molecule has 1 N–H and O–H groups in total. The molecular weight excluding hydrogens is 362 g/mol. The third-order valence-electron chi connectivity index (χ3n) is 2.48. The van der Waals surface area contributed by atoms with Crippen molar-refractivity contribution in [3.05, 3.63) is 57.0 Å². The van der Waals surface area contributed by atoms with Gasteiger partial charge in [0.25, 0.3) is 0 Å². The van der Waals surface area contributed by atoms with E-state index in [2.05, 4.69) is 15.9 Å². The van der Waals surface area contributed by atoms with Gasteiger partial charge in [-0.2, -0.15) is 5.26 Å². The van der Waals surface area contributed by atoms with Gasteiger partial charge < -0.3 is 5.11 Å². The van der Waals surface area contributed by atoms with Crippen LogP contribution >= 0.6 is 39.3 Å². The molecule has 0 bridgehead atoms. The van der Waals surface area contributed by atoms with E-state index in [1.165, 1.54) is 17.8 Å². The van der Waals surface area contributed by atoms with E-state index in [4.69, 9.17) is 16.9 Å². The third kappa shape index (κ3) is 3.15. The van der Waals surface area contributed by atoms with Crippen molar-refractivity contribution in [3.8, 4) is 6.07 Å². The predicted octanol–water partition coefficient (Wildman–Crippen LogP) is 4.82. The Morgan fingerprint density at radius 2 is 2.05 bits per heavy atom. The Labute approximate surface area is 133 Å². The molecule has 20 heavy (non-hydrogen) atoms. The number of nitriles is 1. The number of hydrogen-bond donors (Lipinski definition) is 1. The molecule has 6 heteroatoms. The zero-order chi connectivity index (χ0) is 14.7. The molecule has 0 saturated heterocycles. The average molecular weight is 369 g/mol. The number of carboxylic acid groups (broad SMARTS) is 1. The molecule has 0 fully saturated rings. The van der Waals surface area contributed by atoms with E-state index in [1.807, 2.05) is 6.07 Å². The summed E-state index contributed by atoms with van der Waals surface area (Å²) in [6.45, 7) is 0. The Bertz CT molecular complexity index is 728. The Hall–Kier alpha value is -1.48. The highest BCUT2D eigenvalue weighted by Gasteiger charge is 2.14. The van der Waals surface area contributed by atoms with Gasteiger partial charge in [0, 0.05) is 14.3 Å². The molecule has 0 aliphatic carbocycles. The van der Waals surface area contributed by atoms with Crippen LogP contribution in [0.1, 0.15) is 15.9 Å². The van der Waals surface area contributed by atoms with Crippen molar-refractivity contribution in [1.82, 2.24) is 0 Å². The van der Waals surface area contributed by atoms with E-state index in [9.17, 15) is 9.90 Å². The largest absolute Gasteiger partial charge is 0.478 e. The Balaban J connectivity index is 2.51. The first-order valence-corrected chi connectivity index (χ1v) is 7.41. The van der Waals surface area contributed by atoms with E-state index in [-0.39, 0.29) is 5.56 Å². The van der Waals surface area contributed by atoms with Crippen molar-refractivity contribution in [2.24, 2.45) is 0 Å². The number of halogens is 2. The summed E-state index contributed by atoms with van der Waals surface area (Å²) >= 11 is 10.5. The summed E-state index contributed by atoms with van der Waals surface area (Å²) in [5.41, 5.74) is 0.526. The van der Waals surface area contributed by atoms with Crippen LogP contribution in [0.15, 0.2) is 50.7 Å². The van der Waals surface area contributed by atoms with Gasteiger partial charge in [-0.05, 0) is 30.3 Å². The smallest absolute Gasteiger partial charge is 0.336 e. The lowest BCUT2D eigenvalue weighted by atomic mass is 10.2. The first-order valence-electron chi connectivity index (χ1n) is 5.42. The summed E-state index contributed by atoms with van der Waals surface area (Å²) in [6, 6.07) is 12.0. The van der Waals surface area contributed by atoms with E-state index in [1.54, 1.807) is 30.3 Å². The van der Waals surface area contributed by atoms with Crippen LogP contribution in [0.3, 0.4) is 0 Å². The minimum atomic E-state index is -1.01. The monoisotopic (exact) mass is 367 g/mol. The normalized spacial score (nSPS) is 10.1. The molecule has 0 atom stereocenters. The molecular formula is C14H7BrClNO2S. The van der Waals surface area contributed by atoms with E-state index in [0.717, 1.165) is 4.47 Å². The summed E-state index contributed by atoms with van der Waals surface area (Å²) in [6.07, 6.45) is 0. The lowest BCUT2D eigenvalue weighted by molar-refractivity contribution is 0.0693. The van der Waals surface area contributed by atoms with Crippen LogP contribution in [0.5, 0.6) is 0 Å². The first kappa shape index (κ1) is 14.9. The average Bonchev–Trinajstić information content (AvgIpc) is 2.38. The van der Waals surface area contributed by atoms with Crippen LogP contribution in [-0.2, 0) is 0 Å². The number of rotatable bonds is 3. The second kappa shape index (κ2) is 6.31. The molecule has 0 aliphatic heterocycles. The van der Waals surface area contributed by atoms with Crippen LogP contribution in [0.2, 0.25) is 5.02 Å². The Kier molecular flexibility index (Phi) is 4.71. The van der Waals surface area contributed by atoms with Gasteiger partial charge in [-0.25, -0.2) is 4.79 Å². The van der Waals surface area contributed by atoms with Gasteiger partial charge in [0.1, 0.15) is 6.07 Å². The lowest BCUT2D eigenvalue weighted by Crippen LogP contribution is -1.98. The second-order valence-electron chi connectivity index (χ2n) is 3.77. The summed E-state index contributed by atoms with van der Waals surface area (Å²) in [7, 11) is 0. The molecule has 0 aromatic heterocycles. The number of aromatic carboxylic acids is 1. The molecule has 0 heterocycles. The maximum absolute atomic E-state index is 11.2. The molecule has 2 rings (SSSR count). The molecule has 0 saturated carbocycles. The van der Waals surface area contributed by atoms with Crippen molar-refractivity contribution in [2.75, 3.05) is 0 Å². The van der Waals surface area contributed by atoms with Crippen molar-refractivity contribution in [2.45, 2.75) is 9.79 Å². The third-order valence-corrected chi connectivity index (χ3v) is 4.41. The van der Waals surface area contributed by atoms with Gasteiger partial charge in [-0.15, -0.1) is 0 Å². The van der Waals surface area contributed by atoms with Crippen LogP contribution < -0.4 is 0 Å². The van der Waals surface area contributed by atoms with Gasteiger partial charge in [0.05, 0.1) is 16.1 Å². The topological polar surface area (TPSA) is 61.1 Å². The SMILES string of the molecule is N#Cc1c(Cl)cccc1Sc1cc(Br)ccc1C(=O)O. The predicted molar refractivity (Wildman–Crippen MR) is 81.4 cm³/mol. The maximum atomic E-state index is 11.2. The van der Waals surface area contributed by atoms with Crippen molar-refractivity contribution in [1.29, 1.82) is 5.26 Å². The molecule has 2 aromatic carbocycles. The molecule has 0 amide bonds. The van der Waals surface area contributed by atoms with Crippen molar-refractivity contribution < 1.29 is 9.90 Å². The van der Waals surface area contributed by atoms with Crippen LogP contribution in [0.25, 0.3) is 0 Å². The molecule has 0 radical (unpaired) electrons. The van der Waals surface area contributed by atoms with Gasteiger partial charge in [-0.1, -0.05) is 45.4 Å². The zero-order valence-electron chi connectivity index (χ0n) is 9.93. The summed E-state index contributed by atoms with van der Waals surface area (Å²) in [5.74, 6) is -1.01. The summed E-state index contributed by atoms with van der Waals surface area (Å²) < 4.78 is 0.769. The van der Waals surface area contributed by atoms with Gasteiger partial charge in [0.15, 0.2) is 0 Å². The molecule has 100 valence electrons. The lowest BCUT2D eigenvalue weighted by Gasteiger charge is -2.08. The zero-order valence-corrected chi connectivity index (χ0v) is 13.1. The van der Waals surface area contributed by atoms with Gasteiger partial charge in [-0.3, -0.25) is 0 Å². The molecule has 0 spiro atoms. The first-order chi connectivity index (χ1) is 9.52. The van der Waals surface area contributed by atoms with Gasteiger partial charge >= 0.3 is 5.97 Å². The summed E-state index contributed by atoms with van der Waals surface area (Å²) in [4.78, 5) is 12.4. The van der Waals surface area contributed by atoms with Crippen molar-refractivity contribution >= 4 is 45.3 Å². The van der Waals surface area contributed by atoms with E-state index < -0.39 is 5.97 Å². The maximum Gasteiger partial charge on any atom is 0.336 e. The highest BCUT2D eigenvalue weighted by Crippen LogP contribution is 2.36. The number of carboxylic acids is 1. The molecule has 0 aliphatic rings. The van der Waals surface area contributed by atoms with Crippen LogP contribution in [0, 0.1) is 11.3 Å². The highest BCUT2D eigenvalue weighted by molar-refractivity contribution is 9.10. The van der Waals surface area contributed by atoms with Crippen molar-refractivity contribution in [3.63, 3.8) is 0 Å². The number of benzene rings is 2. The van der Waals surface area contributed by atoms with E-state index in [0.29, 0.717) is 20.4 Å². The Morgan fingerprint density at radius 3 is 2.70 bits per heavy atom. The molecule has 0 unspecified atom stereocenters. The highest BCUT2D eigenvalue weighted by atomic mass is 79.9. The molecule has 2 aromatic rings.